The first-order chi connectivity index (χ1) is 6.52. The fourth-order valence-electron chi connectivity index (χ4n) is 2.29. The lowest BCUT2D eigenvalue weighted by Gasteiger charge is -2.46. The van der Waals surface area contributed by atoms with Crippen molar-refractivity contribution >= 4 is 0 Å². The van der Waals surface area contributed by atoms with Crippen LogP contribution >= 0.6 is 0 Å². The molecule has 14 heavy (non-hydrogen) atoms. The Morgan fingerprint density at radius 2 is 2.36 bits per heavy atom. The van der Waals surface area contributed by atoms with E-state index in [2.05, 4.69) is 23.4 Å². The van der Waals surface area contributed by atoms with Gasteiger partial charge in [0.25, 0.3) is 0 Å². The van der Waals surface area contributed by atoms with Crippen molar-refractivity contribution in [2.75, 3.05) is 0 Å². The van der Waals surface area contributed by atoms with Gasteiger partial charge in [0.05, 0.1) is 12.0 Å². The summed E-state index contributed by atoms with van der Waals surface area (Å²) < 4.78 is 2.26. The Labute approximate surface area is 85.3 Å². The van der Waals surface area contributed by atoms with Crippen LogP contribution in [-0.4, -0.2) is 9.55 Å². The van der Waals surface area contributed by atoms with Gasteiger partial charge in [-0.2, -0.15) is 0 Å². The molecular weight excluding hydrogens is 174 g/mol. The summed E-state index contributed by atoms with van der Waals surface area (Å²) in [5, 5.41) is 0. The Kier molecular flexibility index (Phi) is 2.14. The summed E-state index contributed by atoms with van der Waals surface area (Å²) in [6.45, 7) is 6.64. The summed E-state index contributed by atoms with van der Waals surface area (Å²) in [6.07, 6.45) is 6.36. The van der Waals surface area contributed by atoms with Crippen LogP contribution in [0.1, 0.15) is 51.4 Å². The average molecular weight is 193 g/mol. The van der Waals surface area contributed by atoms with Gasteiger partial charge < -0.3 is 10.3 Å². The quantitative estimate of drug-likeness (QED) is 0.783. The van der Waals surface area contributed by atoms with Crippen molar-refractivity contribution in [1.82, 2.24) is 9.55 Å². The highest BCUT2D eigenvalue weighted by atomic mass is 15.1. The summed E-state index contributed by atoms with van der Waals surface area (Å²) in [7, 11) is 0. The molecule has 3 nitrogen and oxygen atoms in total. The molecule has 2 atom stereocenters. The van der Waals surface area contributed by atoms with E-state index in [0.29, 0.717) is 11.5 Å². The molecule has 1 saturated carbocycles. The smallest absolute Gasteiger partial charge is 0.0951 e. The number of aromatic nitrogens is 2. The van der Waals surface area contributed by atoms with Crippen LogP contribution < -0.4 is 5.73 Å². The van der Waals surface area contributed by atoms with Gasteiger partial charge in [-0.25, -0.2) is 4.98 Å². The normalized spacial score (nSPS) is 27.0. The molecule has 0 amide bonds. The van der Waals surface area contributed by atoms with Crippen molar-refractivity contribution in [2.24, 2.45) is 11.1 Å². The van der Waals surface area contributed by atoms with Gasteiger partial charge in [-0.3, -0.25) is 0 Å². The van der Waals surface area contributed by atoms with Crippen LogP contribution in [0.2, 0.25) is 0 Å². The highest BCUT2D eigenvalue weighted by molar-refractivity contribution is 5.08. The van der Waals surface area contributed by atoms with Crippen molar-refractivity contribution in [3.8, 4) is 0 Å². The van der Waals surface area contributed by atoms with Gasteiger partial charge in [-0.15, -0.1) is 0 Å². The zero-order valence-corrected chi connectivity index (χ0v) is 9.20. The first-order valence-corrected chi connectivity index (χ1v) is 5.29. The maximum Gasteiger partial charge on any atom is 0.0951 e. The molecule has 0 aromatic carbocycles. The maximum absolute atomic E-state index is 5.90. The molecule has 0 bridgehead atoms. The minimum atomic E-state index is 0.0777. The molecule has 1 aliphatic rings. The van der Waals surface area contributed by atoms with Crippen LogP contribution in [0.4, 0.5) is 0 Å². The molecule has 3 heteroatoms. The SMILES string of the molecule is CC(N)c1cncn1C1CCC1(C)C. The highest BCUT2D eigenvalue weighted by Crippen LogP contribution is 2.49. The van der Waals surface area contributed by atoms with Gasteiger partial charge in [0.1, 0.15) is 0 Å². The second-order valence-electron chi connectivity index (χ2n) is 5.06. The van der Waals surface area contributed by atoms with E-state index in [1.54, 1.807) is 0 Å². The second kappa shape index (κ2) is 3.09. The zero-order chi connectivity index (χ0) is 10.3. The van der Waals surface area contributed by atoms with E-state index >= 15 is 0 Å². The molecule has 0 saturated heterocycles. The van der Waals surface area contributed by atoms with Gasteiger partial charge >= 0.3 is 0 Å². The molecule has 1 heterocycles. The van der Waals surface area contributed by atoms with Crippen LogP contribution in [0.5, 0.6) is 0 Å². The number of nitrogens with two attached hydrogens (primary N) is 1. The number of hydrogen-bond acceptors (Lipinski definition) is 2. The fourth-order valence-corrected chi connectivity index (χ4v) is 2.29. The molecule has 0 radical (unpaired) electrons. The van der Waals surface area contributed by atoms with Crippen molar-refractivity contribution in [3.63, 3.8) is 0 Å². The standard InChI is InChI=1S/C11H19N3/c1-8(12)9-6-13-7-14(9)10-4-5-11(10,2)3/h6-8,10H,4-5,12H2,1-3H3. The minimum absolute atomic E-state index is 0.0777. The molecular formula is C11H19N3. The third-order valence-electron chi connectivity index (χ3n) is 3.46. The monoisotopic (exact) mass is 193 g/mol. The van der Waals surface area contributed by atoms with Crippen LogP contribution in [0.3, 0.4) is 0 Å². The van der Waals surface area contributed by atoms with Crippen molar-refractivity contribution in [3.05, 3.63) is 18.2 Å². The number of hydrogen-bond donors (Lipinski definition) is 1. The zero-order valence-electron chi connectivity index (χ0n) is 9.20. The molecule has 0 aliphatic heterocycles. The van der Waals surface area contributed by atoms with E-state index in [0.717, 1.165) is 5.69 Å². The second-order valence-corrected chi connectivity index (χ2v) is 5.06. The molecule has 1 aromatic heterocycles. The number of nitrogens with zero attached hydrogens (tertiary/aromatic N) is 2. The Morgan fingerprint density at radius 3 is 2.79 bits per heavy atom. The van der Waals surface area contributed by atoms with Crippen LogP contribution in [0, 0.1) is 5.41 Å². The Bertz CT molecular complexity index is 325. The summed E-state index contributed by atoms with van der Waals surface area (Å²) >= 11 is 0. The minimum Gasteiger partial charge on any atom is -0.330 e. The van der Waals surface area contributed by atoms with Crippen molar-refractivity contribution < 1.29 is 0 Å². The van der Waals surface area contributed by atoms with E-state index in [1.165, 1.54) is 12.8 Å². The topological polar surface area (TPSA) is 43.8 Å². The van der Waals surface area contributed by atoms with Crippen molar-refractivity contribution in [1.29, 1.82) is 0 Å². The molecule has 2 rings (SSSR count). The summed E-state index contributed by atoms with van der Waals surface area (Å²) in [5.41, 5.74) is 7.47. The summed E-state index contributed by atoms with van der Waals surface area (Å²) in [4.78, 5) is 4.19. The highest BCUT2D eigenvalue weighted by Gasteiger charge is 2.40. The summed E-state index contributed by atoms with van der Waals surface area (Å²) in [6, 6.07) is 0.667. The molecule has 1 fully saturated rings. The molecule has 2 unspecified atom stereocenters. The third-order valence-corrected chi connectivity index (χ3v) is 3.46. The summed E-state index contributed by atoms with van der Waals surface area (Å²) in [5.74, 6) is 0. The predicted octanol–water partition coefficient (Wildman–Crippen LogP) is 2.26. The predicted molar refractivity (Wildman–Crippen MR) is 56.9 cm³/mol. The molecule has 1 aromatic rings. The van der Waals surface area contributed by atoms with Gasteiger partial charge in [-0.1, -0.05) is 13.8 Å². The first-order valence-electron chi connectivity index (χ1n) is 5.29. The van der Waals surface area contributed by atoms with E-state index < -0.39 is 0 Å². The fraction of sp³-hybridized carbons (Fsp3) is 0.727. The lowest BCUT2D eigenvalue weighted by Crippen LogP contribution is -2.37. The van der Waals surface area contributed by atoms with Gasteiger partial charge in [0.2, 0.25) is 0 Å². The average Bonchev–Trinajstić information content (AvgIpc) is 2.51. The number of imidazole rings is 1. The Hall–Kier alpha value is -0.830. The maximum atomic E-state index is 5.90. The van der Waals surface area contributed by atoms with E-state index in [-0.39, 0.29) is 6.04 Å². The van der Waals surface area contributed by atoms with Gasteiger partial charge in [0, 0.05) is 18.3 Å². The lowest BCUT2D eigenvalue weighted by atomic mass is 9.67. The Balaban J connectivity index is 2.28. The van der Waals surface area contributed by atoms with Gasteiger partial charge in [-0.05, 0) is 25.2 Å². The lowest BCUT2D eigenvalue weighted by molar-refractivity contribution is 0.0789. The van der Waals surface area contributed by atoms with Crippen LogP contribution in [0.25, 0.3) is 0 Å². The van der Waals surface area contributed by atoms with E-state index in [1.807, 2.05) is 19.4 Å². The van der Waals surface area contributed by atoms with Crippen molar-refractivity contribution in [2.45, 2.75) is 45.7 Å². The van der Waals surface area contributed by atoms with Crippen LogP contribution in [0.15, 0.2) is 12.5 Å². The van der Waals surface area contributed by atoms with Gasteiger partial charge in [0.15, 0.2) is 0 Å². The molecule has 2 N–H and O–H groups in total. The van der Waals surface area contributed by atoms with Crippen LogP contribution in [-0.2, 0) is 0 Å². The molecule has 1 aliphatic carbocycles. The molecule has 78 valence electrons. The third kappa shape index (κ3) is 1.36. The Morgan fingerprint density at radius 1 is 1.64 bits per heavy atom. The molecule has 0 spiro atoms. The van der Waals surface area contributed by atoms with E-state index in [4.69, 9.17) is 5.73 Å². The number of rotatable bonds is 2. The largest absolute Gasteiger partial charge is 0.330 e. The first kappa shape index (κ1) is 9.71. The van der Waals surface area contributed by atoms with E-state index in [9.17, 15) is 0 Å².